The van der Waals surface area contributed by atoms with Crippen LogP contribution in [0.5, 0.6) is 5.75 Å². The van der Waals surface area contributed by atoms with Crippen molar-refractivity contribution in [3.8, 4) is 5.75 Å². The van der Waals surface area contributed by atoms with E-state index in [0.29, 0.717) is 18.7 Å². The first-order valence-electron chi connectivity index (χ1n) is 9.56. The Bertz CT molecular complexity index is 1040. The average molecular weight is 449 g/mol. The highest BCUT2D eigenvalue weighted by atomic mass is 32.2. The summed E-state index contributed by atoms with van der Waals surface area (Å²) < 4.78 is 30.4. The van der Waals surface area contributed by atoms with Gasteiger partial charge in [0.25, 0.3) is 0 Å². The first kappa shape index (κ1) is 22.2. The first-order chi connectivity index (χ1) is 14.3. The molecule has 1 heterocycles. The Kier molecular flexibility index (Phi) is 7.04. The van der Waals surface area contributed by atoms with Gasteiger partial charge in [-0.2, -0.15) is 0 Å². The Hall–Kier alpha value is -2.52. The number of carbonyl (C=O) groups excluding carboxylic acids is 2. The van der Waals surface area contributed by atoms with Crippen molar-refractivity contribution in [3.63, 3.8) is 0 Å². The maximum absolute atomic E-state index is 12.7. The van der Waals surface area contributed by atoms with Crippen molar-refractivity contribution in [1.29, 1.82) is 0 Å². The molecule has 9 heteroatoms. The predicted molar refractivity (Wildman–Crippen MR) is 117 cm³/mol. The summed E-state index contributed by atoms with van der Waals surface area (Å²) in [5.74, 6) is -0.0516. The standard InChI is InChI=1S/C21H24N2O5S2/c1-3-18-21(25)23-17-12-16(8-9-19(17)29-18)30(26,27)11-10-20(24)22-13-14-4-6-15(28-2)7-5-14/h4-9,12,18H,3,10-11,13H2,1-2H3,(H,22,24)(H,23,25)/t18-/m0/s1. The van der Waals surface area contributed by atoms with Gasteiger partial charge < -0.3 is 15.4 Å². The van der Waals surface area contributed by atoms with Gasteiger partial charge >= 0.3 is 0 Å². The third-order valence-electron chi connectivity index (χ3n) is 4.75. The maximum Gasteiger partial charge on any atom is 0.237 e. The van der Waals surface area contributed by atoms with Crippen molar-refractivity contribution in [2.45, 2.75) is 41.4 Å². The van der Waals surface area contributed by atoms with Crippen molar-refractivity contribution in [2.75, 3.05) is 18.2 Å². The van der Waals surface area contributed by atoms with Gasteiger partial charge in [0.2, 0.25) is 11.8 Å². The van der Waals surface area contributed by atoms with Crippen LogP contribution in [0.2, 0.25) is 0 Å². The van der Waals surface area contributed by atoms with Gasteiger partial charge in [0, 0.05) is 17.9 Å². The van der Waals surface area contributed by atoms with Gasteiger partial charge in [-0.25, -0.2) is 8.42 Å². The smallest absolute Gasteiger partial charge is 0.237 e. The van der Waals surface area contributed by atoms with E-state index < -0.39 is 9.84 Å². The van der Waals surface area contributed by atoms with E-state index in [9.17, 15) is 18.0 Å². The lowest BCUT2D eigenvalue weighted by Crippen LogP contribution is -2.28. The molecule has 160 valence electrons. The van der Waals surface area contributed by atoms with Gasteiger partial charge in [-0.05, 0) is 42.3 Å². The van der Waals surface area contributed by atoms with Crippen LogP contribution in [0.3, 0.4) is 0 Å². The van der Waals surface area contributed by atoms with Gasteiger partial charge in [0.05, 0.1) is 28.7 Å². The molecule has 1 atom stereocenters. The summed E-state index contributed by atoms with van der Waals surface area (Å²) in [5, 5.41) is 5.32. The van der Waals surface area contributed by atoms with Crippen LogP contribution < -0.4 is 15.4 Å². The fourth-order valence-corrected chi connectivity index (χ4v) is 5.25. The molecule has 30 heavy (non-hydrogen) atoms. The van der Waals surface area contributed by atoms with Gasteiger partial charge in [-0.3, -0.25) is 9.59 Å². The third kappa shape index (κ3) is 5.34. The van der Waals surface area contributed by atoms with E-state index in [0.717, 1.165) is 16.2 Å². The van der Waals surface area contributed by atoms with E-state index in [1.165, 1.54) is 23.9 Å². The quantitative estimate of drug-likeness (QED) is 0.644. The molecule has 7 nitrogen and oxygen atoms in total. The zero-order valence-corrected chi connectivity index (χ0v) is 18.4. The van der Waals surface area contributed by atoms with E-state index in [1.54, 1.807) is 25.3 Å². The third-order valence-corrected chi connectivity index (χ3v) is 7.90. The van der Waals surface area contributed by atoms with Gasteiger partial charge in [-0.1, -0.05) is 19.1 Å². The molecule has 2 aromatic rings. The Morgan fingerprint density at radius 3 is 2.60 bits per heavy atom. The van der Waals surface area contributed by atoms with Crippen LogP contribution in [0.25, 0.3) is 0 Å². The van der Waals surface area contributed by atoms with Crippen LogP contribution in [0, 0.1) is 0 Å². The van der Waals surface area contributed by atoms with E-state index in [2.05, 4.69) is 10.6 Å². The highest BCUT2D eigenvalue weighted by Gasteiger charge is 2.27. The summed E-state index contributed by atoms with van der Waals surface area (Å²) in [5.41, 5.74) is 1.39. The average Bonchev–Trinajstić information content (AvgIpc) is 2.75. The second-order valence-electron chi connectivity index (χ2n) is 6.86. The summed E-state index contributed by atoms with van der Waals surface area (Å²) in [7, 11) is -2.08. The highest BCUT2D eigenvalue weighted by Crippen LogP contribution is 2.38. The predicted octanol–water partition coefficient (Wildman–Crippen LogP) is 3.00. The summed E-state index contributed by atoms with van der Waals surface area (Å²) in [4.78, 5) is 25.1. The molecule has 0 aliphatic carbocycles. The van der Waals surface area contributed by atoms with Crippen LogP contribution in [-0.4, -0.2) is 38.3 Å². The van der Waals surface area contributed by atoms with Crippen molar-refractivity contribution < 1.29 is 22.7 Å². The van der Waals surface area contributed by atoms with E-state index in [4.69, 9.17) is 4.74 Å². The summed E-state index contributed by atoms with van der Waals surface area (Å²) in [6, 6.07) is 12.0. The summed E-state index contributed by atoms with van der Waals surface area (Å²) in [6.07, 6.45) is 0.552. The SMILES string of the molecule is CC[C@@H]1Sc2ccc(S(=O)(=O)CCC(=O)NCc3ccc(OC)cc3)cc2NC1=O. The first-order valence-corrected chi connectivity index (χ1v) is 12.1. The van der Waals surface area contributed by atoms with Crippen molar-refractivity contribution in [1.82, 2.24) is 5.32 Å². The second-order valence-corrected chi connectivity index (χ2v) is 10.2. The fourth-order valence-electron chi connectivity index (χ4n) is 2.97. The van der Waals surface area contributed by atoms with Gasteiger partial charge in [-0.15, -0.1) is 11.8 Å². The number of nitrogens with one attached hydrogen (secondary N) is 2. The monoisotopic (exact) mass is 448 g/mol. The largest absolute Gasteiger partial charge is 0.497 e. The number of ether oxygens (including phenoxy) is 1. The van der Waals surface area contributed by atoms with E-state index in [1.807, 2.05) is 19.1 Å². The zero-order valence-electron chi connectivity index (χ0n) is 16.8. The highest BCUT2D eigenvalue weighted by molar-refractivity contribution is 8.01. The topological polar surface area (TPSA) is 102 Å². The molecule has 0 spiro atoms. The molecular formula is C21H24N2O5S2. The normalized spacial score (nSPS) is 15.8. The molecule has 1 aliphatic rings. The Morgan fingerprint density at radius 1 is 1.20 bits per heavy atom. The molecule has 0 radical (unpaired) electrons. The zero-order chi connectivity index (χ0) is 21.7. The minimum absolute atomic E-state index is 0.0973. The Balaban J connectivity index is 1.57. The van der Waals surface area contributed by atoms with E-state index >= 15 is 0 Å². The number of hydrogen-bond acceptors (Lipinski definition) is 6. The van der Waals surface area contributed by atoms with Crippen LogP contribution in [0.1, 0.15) is 25.3 Å². The number of sulfone groups is 1. The lowest BCUT2D eigenvalue weighted by atomic mass is 10.2. The van der Waals surface area contributed by atoms with Crippen LogP contribution in [-0.2, 0) is 26.0 Å². The van der Waals surface area contributed by atoms with Crippen LogP contribution in [0.4, 0.5) is 5.69 Å². The molecule has 0 aromatic heterocycles. The minimum atomic E-state index is -3.66. The summed E-state index contributed by atoms with van der Waals surface area (Å²) >= 11 is 1.43. The minimum Gasteiger partial charge on any atom is -0.497 e. The molecule has 1 aliphatic heterocycles. The van der Waals surface area contributed by atoms with Gasteiger partial charge in [0.1, 0.15) is 5.75 Å². The number of hydrogen-bond donors (Lipinski definition) is 2. The molecule has 2 N–H and O–H groups in total. The van der Waals surface area contributed by atoms with Crippen molar-refractivity contribution >= 4 is 39.1 Å². The van der Waals surface area contributed by atoms with Gasteiger partial charge in [0.15, 0.2) is 9.84 Å². The fraction of sp³-hybridized carbons (Fsp3) is 0.333. The number of amides is 2. The summed E-state index contributed by atoms with van der Waals surface area (Å²) in [6.45, 7) is 2.24. The van der Waals surface area contributed by atoms with Crippen molar-refractivity contribution in [2.24, 2.45) is 0 Å². The maximum atomic E-state index is 12.7. The molecule has 0 saturated heterocycles. The molecule has 2 amide bonds. The van der Waals surface area contributed by atoms with E-state index in [-0.39, 0.29) is 34.1 Å². The molecule has 0 fully saturated rings. The lowest BCUT2D eigenvalue weighted by Gasteiger charge is -2.23. The lowest BCUT2D eigenvalue weighted by molar-refractivity contribution is -0.121. The number of benzene rings is 2. The molecule has 3 rings (SSSR count). The van der Waals surface area contributed by atoms with Crippen LogP contribution in [0.15, 0.2) is 52.3 Å². The number of rotatable bonds is 8. The number of thioether (sulfide) groups is 1. The second kappa shape index (κ2) is 9.53. The molecule has 0 bridgehead atoms. The number of carbonyl (C=O) groups is 2. The van der Waals surface area contributed by atoms with Crippen molar-refractivity contribution in [3.05, 3.63) is 48.0 Å². The number of methoxy groups -OCH3 is 1. The molecule has 0 unspecified atom stereocenters. The van der Waals surface area contributed by atoms with Crippen LogP contribution >= 0.6 is 11.8 Å². The number of fused-ring (bicyclic) bond motifs is 1. The Morgan fingerprint density at radius 2 is 1.93 bits per heavy atom. The molecule has 2 aromatic carbocycles. The molecular weight excluding hydrogens is 424 g/mol. The number of anilines is 1. The Labute approximate surface area is 180 Å². The molecule has 0 saturated carbocycles.